The van der Waals surface area contributed by atoms with E-state index in [9.17, 15) is 9.59 Å². The van der Waals surface area contributed by atoms with Crippen LogP contribution in [0.2, 0.25) is 0 Å². The van der Waals surface area contributed by atoms with Gasteiger partial charge in [-0.3, -0.25) is 0 Å². The van der Waals surface area contributed by atoms with Crippen molar-refractivity contribution in [2.45, 2.75) is 19.9 Å². The second kappa shape index (κ2) is 6.10. The molecule has 0 aliphatic rings. The molecule has 0 fully saturated rings. The third-order valence-corrected chi connectivity index (χ3v) is 1.05. The number of primary amides is 1. The van der Waals surface area contributed by atoms with Gasteiger partial charge in [-0.15, -0.1) is 0 Å². The third kappa shape index (κ3) is 8.45. The van der Waals surface area contributed by atoms with Crippen LogP contribution in [0, 0.1) is 0 Å². The molecule has 4 N–H and O–H groups in total. The fourth-order valence-corrected chi connectivity index (χ4v) is 0.629. The van der Waals surface area contributed by atoms with Crippen molar-refractivity contribution < 1.29 is 14.3 Å². The van der Waals surface area contributed by atoms with Gasteiger partial charge in [0.15, 0.2) is 0 Å². The highest BCUT2D eigenvalue weighted by Crippen LogP contribution is 1.76. The number of rotatable bonds is 4. The number of urea groups is 1. The maximum Gasteiger partial charge on any atom is 0.404 e. The standard InChI is InChI=1S/C7H15N3O3/c1-5(2)10-7(12)9-3-4-13-6(8)11/h5H,3-4H2,1-2H3,(H2,8,11)(H2,9,10,12). The number of hydrogen-bond acceptors (Lipinski definition) is 3. The summed E-state index contributed by atoms with van der Waals surface area (Å²) in [4.78, 5) is 21.0. The average Bonchev–Trinajstić information content (AvgIpc) is 1.96. The van der Waals surface area contributed by atoms with E-state index in [0.29, 0.717) is 0 Å². The zero-order chi connectivity index (χ0) is 10.3. The van der Waals surface area contributed by atoms with E-state index in [4.69, 9.17) is 5.73 Å². The molecule has 0 unspecified atom stereocenters. The summed E-state index contributed by atoms with van der Waals surface area (Å²) in [6.45, 7) is 4.03. The van der Waals surface area contributed by atoms with Crippen LogP contribution in [-0.4, -0.2) is 31.3 Å². The van der Waals surface area contributed by atoms with Gasteiger partial charge in [0.1, 0.15) is 6.61 Å². The minimum Gasteiger partial charge on any atom is -0.448 e. The highest BCUT2D eigenvalue weighted by atomic mass is 16.5. The summed E-state index contributed by atoms with van der Waals surface area (Å²) in [5, 5.41) is 5.10. The Bertz CT molecular complexity index is 182. The number of carbonyl (C=O) groups excluding carboxylic acids is 2. The lowest BCUT2D eigenvalue weighted by Crippen LogP contribution is -2.41. The second-order valence-corrected chi connectivity index (χ2v) is 2.72. The molecule has 0 saturated carbocycles. The highest BCUT2D eigenvalue weighted by molar-refractivity contribution is 5.74. The molecule has 0 aromatic rings. The molecule has 0 aromatic heterocycles. The van der Waals surface area contributed by atoms with Gasteiger partial charge in [-0.1, -0.05) is 0 Å². The molecule has 0 atom stereocenters. The Labute approximate surface area is 76.8 Å². The van der Waals surface area contributed by atoms with Gasteiger partial charge in [-0.2, -0.15) is 0 Å². The Morgan fingerprint density at radius 3 is 2.54 bits per heavy atom. The normalized spacial score (nSPS) is 9.46. The maximum absolute atomic E-state index is 10.9. The fraction of sp³-hybridized carbons (Fsp3) is 0.714. The summed E-state index contributed by atoms with van der Waals surface area (Å²) in [6, 6.07) is -0.208. The van der Waals surface area contributed by atoms with Crippen molar-refractivity contribution in [3.63, 3.8) is 0 Å². The topological polar surface area (TPSA) is 93.4 Å². The molecule has 6 nitrogen and oxygen atoms in total. The Morgan fingerprint density at radius 2 is 2.08 bits per heavy atom. The van der Waals surface area contributed by atoms with Crippen molar-refractivity contribution in [2.24, 2.45) is 5.73 Å². The van der Waals surface area contributed by atoms with E-state index in [1.807, 2.05) is 13.8 Å². The molecule has 0 aromatic carbocycles. The molecule has 0 aliphatic heterocycles. The summed E-state index contributed by atoms with van der Waals surface area (Å²) in [7, 11) is 0. The molecule has 3 amide bonds. The Balaban J connectivity index is 3.32. The van der Waals surface area contributed by atoms with Crippen LogP contribution in [0.25, 0.3) is 0 Å². The van der Waals surface area contributed by atoms with Gasteiger partial charge >= 0.3 is 12.1 Å². The minimum absolute atomic E-state index is 0.0806. The van der Waals surface area contributed by atoms with E-state index in [-0.39, 0.29) is 25.2 Å². The molecule has 6 heteroatoms. The van der Waals surface area contributed by atoms with Crippen LogP contribution >= 0.6 is 0 Å². The van der Waals surface area contributed by atoms with Crippen LogP contribution in [0.15, 0.2) is 0 Å². The SMILES string of the molecule is CC(C)NC(=O)NCCOC(N)=O. The molecule has 0 spiro atoms. The molecule has 13 heavy (non-hydrogen) atoms. The van der Waals surface area contributed by atoms with Crippen molar-refractivity contribution in [3.05, 3.63) is 0 Å². The smallest absolute Gasteiger partial charge is 0.404 e. The third-order valence-electron chi connectivity index (χ3n) is 1.05. The lowest BCUT2D eigenvalue weighted by Gasteiger charge is -2.09. The molecule has 0 heterocycles. The average molecular weight is 189 g/mol. The van der Waals surface area contributed by atoms with E-state index >= 15 is 0 Å². The highest BCUT2D eigenvalue weighted by Gasteiger charge is 2.01. The molecule has 0 aliphatic carbocycles. The molecule has 0 saturated heterocycles. The molecular weight excluding hydrogens is 174 g/mol. The van der Waals surface area contributed by atoms with E-state index in [2.05, 4.69) is 15.4 Å². The summed E-state index contributed by atoms with van der Waals surface area (Å²) < 4.78 is 4.39. The van der Waals surface area contributed by atoms with Crippen LogP contribution in [0.3, 0.4) is 0 Å². The summed E-state index contributed by atoms with van der Waals surface area (Å²) in [6.07, 6.45) is -0.842. The molecule has 0 rings (SSSR count). The zero-order valence-corrected chi connectivity index (χ0v) is 7.79. The monoisotopic (exact) mass is 189 g/mol. The molecule has 0 bridgehead atoms. The summed E-state index contributed by atoms with van der Waals surface area (Å²) in [5.74, 6) is 0. The lowest BCUT2D eigenvalue weighted by molar-refractivity contribution is 0.157. The van der Waals surface area contributed by atoms with Crippen molar-refractivity contribution >= 4 is 12.1 Å². The number of hydrogen-bond donors (Lipinski definition) is 3. The number of ether oxygens (including phenoxy) is 1. The van der Waals surface area contributed by atoms with E-state index in [1.54, 1.807) is 0 Å². The van der Waals surface area contributed by atoms with Crippen molar-refractivity contribution in [1.29, 1.82) is 0 Å². The van der Waals surface area contributed by atoms with Gasteiger partial charge in [0.25, 0.3) is 0 Å². The van der Waals surface area contributed by atoms with Crippen LogP contribution in [-0.2, 0) is 4.74 Å². The van der Waals surface area contributed by atoms with Crippen molar-refractivity contribution in [2.75, 3.05) is 13.2 Å². The number of nitrogens with two attached hydrogens (primary N) is 1. The maximum atomic E-state index is 10.9. The Hall–Kier alpha value is -1.46. The van der Waals surface area contributed by atoms with E-state index < -0.39 is 6.09 Å². The van der Waals surface area contributed by atoms with Gasteiger partial charge in [-0.05, 0) is 13.8 Å². The van der Waals surface area contributed by atoms with Crippen molar-refractivity contribution in [1.82, 2.24) is 10.6 Å². The number of carbonyl (C=O) groups is 2. The summed E-state index contributed by atoms with van der Waals surface area (Å²) >= 11 is 0. The zero-order valence-electron chi connectivity index (χ0n) is 7.79. The van der Waals surface area contributed by atoms with E-state index in [1.165, 1.54) is 0 Å². The second-order valence-electron chi connectivity index (χ2n) is 2.72. The first-order chi connectivity index (χ1) is 6.02. The Morgan fingerprint density at radius 1 is 1.46 bits per heavy atom. The van der Waals surface area contributed by atoms with Gasteiger partial charge in [0.2, 0.25) is 0 Å². The Kier molecular flexibility index (Phi) is 5.42. The van der Waals surface area contributed by atoms with Crippen LogP contribution in [0.1, 0.15) is 13.8 Å². The first-order valence-electron chi connectivity index (χ1n) is 3.99. The van der Waals surface area contributed by atoms with Gasteiger partial charge in [0, 0.05) is 6.04 Å². The fourth-order valence-electron chi connectivity index (χ4n) is 0.629. The van der Waals surface area contributed by atoms with Gasteiger partial charge in [-0.25, -0.2) is 9.59 Å². The number of amides is 3. The van der Waals surface area contributed by atoms with Crippen LogP contribution in [0.4, 0.5) is 9.59 Å². The minimum atomic E-state index is -0.842. The number of nitrogens with one attached hydrogen (secondary N) is 2. The molecular formula is C7H15N3O3. The first-order valence-corrected chi connectivity index (χ1v) is 3.99. The predicted octanol–water partition coefficient (Wildman–Crippen LogP) is -0.211. The predicted molar refractivity (Wildman–Crippen MR) is 47.2 cm³/mol. The quantitative estimate of drug-likeness (QED) is 0.534. The van der Waals surface area contributed by atoms with Crippen LogP contribution in [0.5, 0.6) is 0 Å². The molecule has 0 radical (unpaired) electrons. The van der Waals surface area contributed by atoms with Gasteiger partial charge < -0.3 is 21.1 Å². The van der Waals surface area contributed by atoms with Crippen LogP contribution < -0.4 is 16.4 Å². The molecule has 76 valence electrons. The largest absolute Gasteiger partial charge is 0.448 e. The lowest BCUT2D eigenvalue weighted by atomic mass is 10.4. The van der Waals surface area contributed by atoms with Crippen molar-refractivity contribution in [3.8, 4) is 0 Å². The first kappa shape index (κ1) is 11.5. The summed E-state index contributed by atoms with van der Waals surface area (Å²) in [5.41, 5.74) is 4.70. The van der Waals surface area contributed by atoms with E-state index in [0.717, 1.165) is 0 Å². The van der Waals surface area contributed by atoms with Gasteiger partial charge in [0.05, 0.1) is 6.54 Å².